The largest absolute Gasteiger partial charge is 0.448 e. The molecule has 1 aliphatic rings. The average molecular weight is 431 g/mol. The van der Waals surface area contributed by atoms with Crippen molar-refractivity contribution in [3.05, 3.63) is 66.4 Å². The van der Waals surface area contributed by atoms with E-state index in [1.165, 1.54) is 0 Å². The van der Waals surface area contributed by atoms with E-state index in [2.05, 4.69) is 32.6 Å². The number of anilines is 1. The summed E-state index contributed by atoms with van der Waals surface area (Å²) in [7, 11) is 0. The van der Waals surface area contributed by atoms with Crippen LogP contribution in [0.2, 0.25) is 0 Å². The number of nitrogens with one attached hydrogen (secondary N) is 2. The van der Waals surface area contributed by atoms with Gasteiger partial charge in [0.25, 0.3) is 0 Å². The molecule has 0 saturated carbocycles. The Hall–Kier alpha value is -3.39. The quantitative estimate of drug-likeness (QED) is 0.316. The Labute approximate surface area is 184 Å². The molecule has 7 nitrogen and oxygen atoms in total. The number of fused-ring (bicyclic) bond motifs is 3. The van der Waals surface area contributed by atoms with Crippen LogP contribution in [-0.4, -0.2) is 31.1 Å². The van der Waals surface area contributed by atoms with E-state index >= 15 is 0 Å². The van der Waals surface area contributed by atoms with E-state index in [-0.39, 0.29) is 0 Å². The van der Waals surface area contributed by atoms with E-state index in [0.29, 0.717) is 16.7 Å². The molecular formula is C23H22N6OS. The van der Waals surface area contributed by atoms with Crippen molar-refractivity contribution in [1.29, 1.82) is 0 Å². The Morgan fingerprint density at radius 2 is 1.87 bits per heavy atom. The van der Waals surface area contributed by atoms with E-state index in [1.54, 1.807) is 18.0 Å². The van der Waals surface area contributed by atoms with Gasteiger partial charge in [0.05, 0.1) is 17.5 Å². The first-order valence-corrected chi connectivity index (χ1v) is 11.3. The van der Waals surface area contributed by atoms with Gasteiger partial charge in [-0.2, -0.15) is 10.1 Å². The van der Waals surface area contributed by atoms with Crippen molar-refractivity contribution in [3.63, 3.8) is 0 Å². The lowest BCUT2D eigenvalue weighted by atomic mass is 10.1. The van der Waals surface area contributed by atoms with E-state index in [0.717, 1.165) is 46.7 Å². The zero-order valence-electron chi connectivity index (χ0n) is 17.1. The highest BCUT2D eigenvalue weighted by atomic mass is 32.2. The Balaban J connectivity index is 1.56. The number of rotatable bonds is 6. The summed E-state index contributed by atoms with van der Waals surface area (Å²) in [6, 6.07) is 18.1. The van der Waals surface area contributed by atoms with E-state index < -0.39 is 6.23 Å². The highest BCUT2D eigenvalue weighted by molar-refractivity contribution is 7.99. The SMILES string of the molecule is CCCCSc1nnc2c(n1)O[C@H](c1cn[nH]c1-c1ccccc1)Nc1ccccc1-2. The lowest BCUT2D eigenvalue weighted by Crippen LogP contribution is -2.17. The van der Waals surface area contributed by atoms with Crippen LogP contribution in [0.25, 0.3) is 22.5 Å². The molecule has 0 saturated heterocycles. The van der Waals surface area contributed by atoms with Crippen LogP contribution in [0.3, 0.4) is 0 Å². The maximum absolute atomic E-state index is 6.39. The van der Waals surface area contributed by atoms with Crippen molar-refractivity contribution < 1.29 is 4.74 Å². The number of unbranched alkanes of at least 4 members (excludes halogenated alkanes) is 1. The van der Waals surface area contributed by atoms with Gasteiger partial charge in [-0.1, -0.05) is 73.6 Å². The normalized spacial score (nSPS) is 14.7. The number of aromatic amines is 1. The van der Waals surface area contributed by atoms with Crippen molar-refractivity contribution in [2.45, 2.75) is 31.1 Å². The highest BCUT2D eigenvalue weighted by Crippen LogP contribution is 2.40. The second kappa shape index (κ2) is 8.77. The summed E-state index contributed by atoms with van der Waals surface area (Å²) in [5.74, 6) is 1.42. The first-order valence-electron chi connectivity index (χ1n) is 10.3. The second-order valence-corrected chi connectivity index (χ2v) is 8.27. The van der Waals surface area contributed by atoms with Crippen molar-refractivity contribution in [3.8, 4) is 28.4 Å². The molecule has 0 radical (unpaired) electrons. The molecule has 0 fully saturated rings. The Bertz CT molecular complexity index is 1180. The van der Waals surface area contributed by atoms with Gasteiger partial charge in [-0.25, -0.2) is 0 Å². The second-order valence-electron chi connectivity index (χ2n) is 7.20. The zero-order chi connectivity index (χ0) is 21.0. The minimum atomic E-state index is -0.485. The topological polar surface area (TPSA) is 88.6 Å². The molecule has 0 bridgehead atoms. The molecule has 2 aromatic carbocycles. The number of benzene rings is 2. The lowest BCUT2D eigenvalue weighted by Gasteiger charge is -2.19. The van der Waals surface area contributed by atoms with Gasteiger partial charge in [0.1, 0.15) is 0 Å². The van der Waals surface area contributed by atoms with Crippen molar-refractivity contribution in [2.75, 3.05) is 11.1 Å². The van der Waals surface area contributed by atoms with Gasteiger partial charge in [-0.15, -0.1) is 10.2 Å². The Morgan fingerprint density at radius 3 is 2.74 bits per heavy atom. The van der Waals surface area contributed by atoms with Crippen LogP contribution in [0.4, 0.5) is 5.69 Å². The number of aromatic nitrogens is 5. The van der Waals surface area contributed by atoms with Crippen molar-refractivity contribution >= 4 is 17.4 Å². The first kappa shape index (κ1) is 19.6. The van der Waals surface area contributed by atoms with Gasteiger partial charge >= 0.3 is 0 Å². The number of ether oxygens (including phenoxy) is 1. The monoisotopic (exact) mass is 430 g/mol. The molecule has 0 unspecified atom stereocenters. The Morgan fingerprint density at radius 1 is 1.03 bits per heavy atom. The number of thioether (sulfide) groups is 1. The molecule has 0 amide bonds. The van der Waals surface area contributed by atoms with Crippen molar-refractivity contribution in [2.24, 2.45) is 0 Å². The third-order valence-corrected chi connectivity index (χ3v) is 6.00. The van der Waals surface area contributed by atoms with E-state index in [9.17, 15) is 0 Å². The number of hydrogen-bond acceptors (Lipinski definition) is 7. The Kier molecular flexibility index (Phi) is 5.54. The molecule has 156 valence electrons. The standard InChI is InChI=1S/C23H22N6OS/c1-2-3-13-31-23-26-22-20(28-29-23)16-11-7-8-12-18(16)25-21(30-22)17-14-24-27-19(17)15-9-5-4-6-10-15/h4-12,14,21,25H,2-3,13H2,1H3,(H,24,27)/t21-/m1/s1. The van der Waals surface area contributed by atoms with E-state index in [1.807, 2.05) is 54.6 Å². The summed E-state index contributed by atoms with van der Waals surface area (Å²) >= 11 is 1.60. The third-order valence-electron chi connectivity index (χ3n) is 5.08. The molecular weight excluding hydrogens is 408 g/mol. The zero-order valence-corrected chi connectivity index (χ0v) is 17.9. The molecule has 4 aromatic rings. The van der Waals surface area contributed by atoms with Gasteiger partial charge in [0.15, 0.2) is 5.69 Å². The summed E-state index contributed by atoms with van der Waals surface area (Å²) in [5, 5.41) is 20.3. The van der Waals surface area contributed by atoms with Crippen LogP contribution in [0, 0.1) is 0 Å². The summed E-state index contributed by atoms with van der Waals surface area (Å²) in [5.41, 5.74) is 5.29. The minimum Gasteiger partial charge on any atom is -0.448 e. The van der Waals surface area contributed by atoms with Crippen molar-refractivity contribution in [1.82, 2.24) is 25.4 Å². The fraction of sp³-hybridized carbons (Fsp3) is 0.217. The molecule has 2 N–H and O–H groups in total. The summed E-state index contributed by atoms with van der Waals surface area (Å²) in [6.07, 6.45) is 3.54. The van der Waals surface area contributed by atoms with Gasteiger partial charge in [-0.05, 0) is 12.5 Å². The maximum atomic E-state index is 6.39. The minimum absolute atomic E-state index is 0.469. The van der Waals surface area contributed by atoms with Crippen LogP contribution < -0.4 is 10.1 Å². The predicted molar refractivity (Wildman–Crippen MR) is 122 cm³/mol. The number of hydrogen-bond donors (Lipinski definition) is 2. The maximum Gasteiger partial charge on any atom is 0.247 e. The van der Waals surface area contributed by atoms with Crippen LogP contribution in [-0.2, 0) is 0 Å². The molecule has 3 heterocycles. The van der Waals surface area contributed by atoms with Gasteiger partial charge in [-0.3, -0.25) is 5.10 Å². The lowest BCUT2D eigenvalue weighted by molar-refractivity contribution is 0.226. The molecule has 31 heavy (non-hydrogen) atoms. The number of para-hydroxylation sites is 1. The average Bonchev–Trinajstić information content (AvgIpc) is 3.24. The summed E-state index contributed by atoms with van der Waals surface area (Å²) in [4.78, 5) is 4.70. The number of nitrogens with zero attached hydrogens (tertiary/aromatic N) is 4. The molecule has 1 atom stereocenters. The fourth-order valence-electron chi connectivity index (χ4n) is 3.49. The summed E-state index contributed by atoms with van der Waals surface area (Å²) < 4.78 is 6.39. The number of H-pyrrole nitrogens is 1. The molecule has 1 aliphatic heterocycles. The van der Waals surface area contributed by atoms with Crippen LogP contribution in [0.5, 0.6) is 5.88 Å². The molecule has 0 aliphatic carbocycles. The predicted octanol–water partition coefficient (Wildman–Crippen LogP) is 5.32. The highest BCUT2D eigenvalue weighted by Gasteiger charge is 2.28. The fourth-order valence-corrected chi connectivity index (χ4v) is 4.35. The van der Waals surface area contributed by atoms with Gasteiger partial charge in [0, 0.05) is 22.6 Å². The van der Waals surface area contributed by atoms with Crippen LogP contribution >= 0.6 is 11.8 Å². The smallest absolute Gasteiger partial charge is 0.247 e. The first-order chi connectivity index (χ1) is 15.3. The third kappa shape index (κ3) is 3.98. The van der Waals surface area contributed by atoms with Crippen LogP contribution in [0.15, 0.2) is 66.0 Å². The molecule has 8 heteroatoms. The molecule has 5 rings (SSSR count). The van der Waals surface area contributed by atoms with Gasteiger partial charge in [0.2, 0.25) is 17.3 Å². The van der Waals surface area contributed by atoms with Gasteiger partial charge < -0.3 is 10.1 Å². The summed E-state index contributed by atoms with van der Waals surface area (Å²) in [6.45, 7) is 2.17. The van der Waals surface area contributed by atoms with Crippen LogP contribution in [0.1, 0.15) is 31.6 Å². The van der Waals surface area contributed by atoms with E-state index in [4.69, 9.17) is 9.72 Å². The molecule has 2 aromatic heterocycles. The molecule has 0 spiro atoms.